The lowest BCUT2D eigenvalue weighted by molar-refractivity contribution is -0.153. The predicted molar refractivity (Wildman–Crippen MR) is 327 cm³/mol. The molecule has 0 unspecified atom stereocenters. The molecule has 3 fully saturated rings. The third-order valence-corrected chi connectivity index (χ3v) is 14.8. The third-order valence-electron chi connectivity index (χ3n) is 14.8. The first-order valence-electron chi connectivity index (χ1n) is 30.0. The first-order valence-corrected chi connectivity index (χ1v) is 30.0. The van der Waals surface area contributed by atoms with Gasteiger partial charge in [-0.25, -0.2) is 22.0 Å². The number of hydrogen-bond acceptors (Lipinski definition) is 6. The second kappa shape index (κ2) is 30.4. The number of benzene rings is 5. The van der Waals surface area contributed by atoms with Crippen molar-refractivity contribution in [2.45, 2.75) is 214 Å². The van der Waals surface area contributed by atoms with Crippen molar-refractivity contribution in [3.05, 3.63) is 148 Å². The van der Waals surface area contributed by atoms with E-state index in [1.807, 2.05) is 65.8 Å². The lowest BCUT2D eigenvalue weighted by Crippen LogP contribution is -2.28. The Morgan fingerprint density at radius 1 is 0.329 bits per heavy atom. The largest absolute Gasteiger partial charge is 0.490 e. The fraction of sp³-hybridized carbons (Fsp3) is 0.577. The van der Waals surface area contributed by atoms with Gasteiger partial charge in [0, 0.05) is 0 Å². The summed E-state index contributed by atoms with van der Waals surface area (Å²) in [6.45, 7) is 34.3. The van der Waals surface area contributed by atoms with Crippen molar-refractivity contribution in [3.63, 3.8) is 0 Å². The van der Waals surface area contributed by atoms with Gasteiger partial charge in [-0.05, 0) is 186 Å². The van der Waals surface area contributed by atoms with E-state index in [2.05, 4.69) is 67.1 Å². The van der Waals surface area contributed by atoms with Crippen LogP contribution in [-0.2, 0) is 27.1 Å². The summed E-state index contributed by atoms with van der Waals surface area (Å²) in [4.78, 5) is 0. The maximum Gasteiger partial charge on any atom is 0.422 e. The van der Waals surface area contributed by atoms with E-state index < -0.39 is 24.2 Å². The van der Waals surface area contributed by atoms with Crippen molar-refractivity contribution in [2.24, 2.45) is 17.8 Å². The van der Waals surface area contributed by atoms with Gasteiger partial charge in [-0.3, -0.25) is 0 Å². The molecule has 0 atom stereocenters. The van der Waals surface area contributed by atoms with Crippen LogP contribution in [0.2, 0.25) is 0 Å². The molecule has 0 saturated heterocycles. The summed E-state index contributed by atoms with van der Waals surface area (Å²) in [5.74, 6) is 1.01. The molecule has 0 aromatic heterocycles. The lowest BCUT2D eigenvalue weighted by atomic mass is 9.86. The van der Waals surface area contributed by atoms with Crippen LogP contribution in [0.4, 0.5) is 35.1 Å². The highest BCUT2D eigenvalue weighted by Gasteiger charge is 2.30. The summed E-state index contributed by atoms with van der Waals surface area (Å²) in [5, 5.41) is 9.51. The van der Waals surface area contributed by atoms with Crippen LogP contribution in [0.15, 0.2) is 91.0 Å². The van der Waals surface area contributed by atoms with Crippen LogP contribution in [0.5, 0.6) is 28.7 Å². The molecule has 6 nitrogen and oxygen atoms in total. The Bertz CT molecular complexity index is 2770. The van der Waals surface area contributed by atoms with E-state index in [4.69, 9.17) is 18.9 Å². The van der Waals surface area contributed by atoms with Crippen molar-refractivity contribution in [1.29, 1.82) is 0 Å². The predicted octanol–water partition coefficient (Wildman–Crippen LogP) is 20.2. The number of ether oxygens (including phenoxy) is 5. The van der Waals surface area contributed by atoms with Crippen LogP contribution in [0.25, 0.3) is 0 Å². The molecule has 1 N–H and O–H groups in total. The quantitative estimate of drug-likeness (QED) is 0.112. The summed E-state index contributed by atoms with van der Waals surface area (Å²) in [6, 6.07) is 24.9. The number of aliphatic hydroxyl groups is 1. The number of alkyl halides is 3. The summed E-state index contributed by atoms with van der Waals surface area (Å²) >= 11 is 0. The zero-order valence-corrected chi connectivity index (χ0v) is 53.8. The average Bonchev–Trinajstić information content (AvgIpc) is 4.23. The van der Waals surface area contributed by atoms with E-state index in [9.17, 15) is 40.2 Å². The zero-order chi connectivity index (χ0) is 63.9. The zero-order valence-electron chi connectivity index (χ0n) is 53.8. The van der Waals surface area contributed by atoms with Gasteiger partial charge in [0.1, 0.15) is 6.61 Å². The summed E-state index contributed by atoms with van der Waals surface area (Å²) in [5.41, 5.74) is 3.27. The lowest BCUT2D eigenvalue weighted by Gasteiger charge is -2.25. The molecule has 0 aliphatic heterocycles. The molecule has 0 bridgehead atoms. The van der Waals surface area contributed by atoms with E-state index >= 15 is 0 Å². The molecule has 0 heterocycles. The Labute approximate surface area is 503 Å². The van der Waals surface area contributed by atoms with Gasteiger partial charge < -0.3 is 28.8 Å². The van der Waals surface area contributed by atoms with E-state index in [-0.39, 0.29) is 68.4 Å². The minimum atomic E-state index is -4.46. The van der Waals surface area contributed by atoms with Crippen LogP contribution in [0.1, 0.15) is 203 Å². The molecule has 0 spiro atoms. The highest BCUT2D eigenvalue weighted by molar-refractivity contribution is 5.37. The molecule has 474 valence electrons. The van der Waals surface area contributed by atoms with Gasteiger partial charge >= 0.3 is 6.18 Å². The molecule has 3 aliphatic rings. The maximum absolute atomic E-state index is 13.9. The summed E-state index contributed by atoms with van der Waals surface area (Å²) in [7, 11) is 0. The standard InChI is InChI=1S/C16H23FO.C15H21FO.C14H21FO2.C14H19FO.C12H14F4O/c1-16(2,3)13-8-9-15(14(17)10-13)18-11-12-6-4-5-7-12;1-15(2,3)12-7-8-14(13(16)9-12)17-10-11-5-4-6-11;1-13(2,3)10-6-7-12(11(15)8-10)17-9-14(4,5)16;1-14(2,3)11-6-7-13(12(15)8-11)16-9-10-4-5-10;1-11(2,3)8-4-5-10(9(13)6-8)17-7-12(14,15)16/h8-10,12H,4-7,11H2,1-3H3;7-9,11H,4-6,10H2,1-3H3;6-8,16H,9H2,1-5H3;6-8,10H,4-5,9H2,1-3H3;4-6H,7H2,1-3H3. The molecule has 3 saturated carbocycles. The summed E-state index contributed by atoms with van der Waals surface area (Å²) < 4.78 is 131. The van der Waals surface area contributed by atoms with Gasteiger partial charge in [0.15, 0.2) is 64.4 Å². The van der Waals surface area contributed by atoms with Gasteiger partial charge in [0.05, 0.1) is 25.4 Å². The van der Waals surface area contributed by atoms with Crippen molar-refractivity contribution < 1.29 is 63.9 Å². The van der Waals surface area contributed by atoms with Crippen molar-refractivity contribution in [2.75, 3.05) is 33.0 Å². The molecule has 3 aliphatic carbocycles. The van der Waals surface area contributed by atoms with Crippen LogP contribution < -0.4 is 23.7 Å². The molecule has 5 aromatic carbocycles. The SMILES string of the molecule is CC(C)(C)c1ccc(OCC(F)(F)F)c(F)c1.CC(C)(C)c1ccc(OCC2CC2)c(F)c1.CC(C)(C)c1ccc(OCC2CCC2)c(F)c1.CC(C)(C)c1ccc(OCC2CCCC2)c(F)c1.CC(C)(O)COc1ccc(C(C)(C)C)cc1F. The van der Waals surface area contributed by atoms with Crippen LogP contribution in [0, 0.1) is 46.8 Å². The maximum atomic E-state index is 13.9. The Morgan fingerprint density at radius 2 is 0.553 bits per heavy atom. The monoisotopic (exact) mass is 1200 g/mol. The Kier molecular flexibility index (Phi) is 25.8. The van der Waals surface area contributed by atoms with E-state index in [0.29, 0.717) is 60.4 Å². The smallest absolute Gasteiger partial charge is 0.422 e. The second-order valence-electron chi connectivity index (χ2n) is 28.8. The van der Waals surface area contributed by atoms with Gasteiger partial charge in [-0.1, -0.05) is 153 Å². The highest BCUT2D eigenvalue weighted by atomic mass is 19.4. The molecule has 8 rings (SSSR count). The first-order chi connectivity index (χ1) is 39.1. The van der Waals surface area contributed by atoms with Gasteiger partial charge in [-0.2, -0.15) is 13.2 Å². The van der Waals surface area contributed by atoms with Crippen molar-refractivity contribution >= 4 is 0 Å². The fourth-order valence-corrected chi connectivity index (χ4v) is 8.58. The Morgan fingerprint density at radius 3 is 0.741 bits per heavy atom. The topological polar surface area (TPSA) is 66.4 Å². The van der Waals surface area contributed by atoms with E-state index in [1.54, 1.807) is 62.4 Å². The molecular formula is C71H98F8O6. The second-order valence-corrected chi connectivity index (χ2v) is 28.8. The number of hydrogen-bond donors (Lipinski definition) is 1. The van der Waals surface area contributed by atoms with Crippen LogP contribution >= 0.6 is 0 Å². The number of halogens is 8. The van der Waals surface area contributed by atoms with E-state index in [1.165, 1.54) is 76.0 Å². The number of rotatable bonds is 14. The van der Waals surface area contributed by atoms with Gasteiger partial charge in [0.25, 0.3) is 0 Å². The third kappa shape index (κ3) is 26.2. The van der Waals surface area contributed by atoms with Gasteiger partial charge in [0.2, 0.25) is 0 Å². The summed E-state index contributed by atoms with van der Waals surface area (Å²) in [6.07, 6.45) is 6.75. The Balaban J connectivity index is 0.000000228. The molecule has 0 radical (unpaired) electrons. The van der Waals surface area contributed by atoms with Crippen molar-refractivity contribution in [3.8, 4) is 28.7 Å². The molecule has 85 heavy (non-hydrogen) atoms. The molecule has 14 heteroatoms. The van der Waals surface area contributed by atoms with Gasteiger partial charge in [-0.15, -0.1) is 0 Å². The normalized spacial score (nSPS) is 15.1. The van der Waals surface area contributed by atoms with Crippen LogP contribution in [0.3, 0.4) is 0 Å². The van der Waals surface area contributed by atoms with Crippen molar-refractivity contribution in [1.82, 2.24) is 0 Å². The minimum absolute atomic E-state index is 0.0180. The molecule has 5 aromatic rings. The van der Waals surface area contributed by atoms with Crippen LogP contribution in [-0.4, -0.2) is 49.9 Å². The Hall–Kier alpha value is -5.50. The molecular weight excluding hydrogens is 1100 g/mol. The minimum Gasteiger partial charge on any atom is -0.490 e. The molecule has 0 amide bonds. The average molecular weight is 1200 g/mol. The fourth-order valence-electron chi connectivity index (χ4n) is 8.58. The highest BCUT2D eigenvalue weighted by Crippen LogP contribution is 2.35. The van der Waals surface area contributed by atoms with E-state index in [0.717, 1.165) is 22.3 Å². The first kappa shape index (κ1) is 72.0.